The van der Waals surface area contributed by atoms with Crippen LogP contribution < -0.4 is 0 Å². The van der Waals surface area contributed by atoms with Crippen LogP contribution in [-0.4, -0.2) is 21.4 Å². The van der Waals surface area contributed by atoms with Crippen LogP contribution in [0.4, 0.5) is 0 Å². The van der Waals surface area contributed by atoms with Gasteiger partial charge >= 0.3 is 0 Å². The van der Waals surface area contributed by atoms with Crippen LogP contribution in [0.1, 0.15) is 64.2 Å². The molecule has 0 saturated heterocycles. The monoisotopic (exact) mass is 302 g/mol. The Balaban J connectivity index is 1.34. The molecule has 8 aliphatic rings. The summed E-state index contributed by atoms with van der Waals surface area (Å²) in [5.74, 6) is 6.72. The van der Waals surface area contributed by atoms with Crippen LogP contribution in [0, 0.1) is 47.3 Å². The topological polar surface area (TPSA) is 40.5 Å². The summed E-state index contributed by atoms with van der Waals surface area (Å²) in [6.07, 6.45) is 12.3. The molecule has 0 aliphatic heterocycles. The summed E-state index contributed by atoms with van der Waals surface area (Å²) < 4.78 is 0. The van der Waals surface area contributed by atoms with Crippen molar-refractivity contribution in [3.63, 3.8) is 0 Å². The maximum Gasteiger partial charge on any atom is 0.0656 e. The first kappa shape index (κ1) is 13.2. The zero-order valence-corrected chi connectivity index (χ0v) is 13.6. The fraction of sp³-hybridized carbons (Fsp3) is 1.00. The summed E-state index contributed by atoms with van der Waals surface area (Å²) in [6.45, 7) is 0. The van der Waals surface area contributed by atoms with E-state index in [4.69, 9.17) is 0 Å². The average Bonchev–Trinajstić information content (AvgIpc) is 2.37. The van der Waals surface area contributed by atoms with Gasteiger partial charge in [-0.1, -0.05) is 0 Å². The van der Waals surface area contributed by atoms with E-state index in [9.17, 15) is 10.2 Å². The first-order valence-electron chi connectivity index (χ1n) is 9.95. The summed E-state index contributed by atoms with van der Waals surface area (Å²) in [6, 6.07) is 0. The van der Waals surface area contributed by atoms with Crippen molar-refractivity contribution in [1.82, 2.24) is 0 Å². The summed E-state index contributed by atoms with van der Waals surface area (Å²) in [4.78, 5) is 0. The van der Waals surface area contributed by atoms with Gasteiger partial charge in [-0.2, -0.15) is 0 Å². The standard InChI is InChI=1S/C20H30O2/c21-19-5-11-1-13(7-19)17(14(2-11)8-19)18-15-3-12-4-16(18)10-20(22,6-12)9-15/h11-18,21-22H,1-10H2. The third-order valence-electron chi connectivity index (χ3n) is 9.07. The molecular weight excluding hydrogens is 272 g/mol. The van der Waals surface area contributed by atoms with Crippen molar-refractivity contribution in [1.29, 1.82) is 0 Å². The van der Waals surface area contributed by atoms with Gasteiger partial charge in [0.2, 0.25) is 0 Å². The van der Waals surface area contributed by atoms with Crippen molar-refractivity contribution >= 4 is 0 Å². The van der Waals surface area contributed by atoms with Gasteiger partial charge in [0.15, 0.2) is 0 Å². The minimum absolute atomic E-state index is 0.281. The maximum atomic E-state index is 10.9. The number of hydrogen-bond acceptors (Lipinski definition) is 2. The Hall–Kier alpha value is -0.0800. The third kappa shape index (κ3) is 1.64. The van der Waals surface area contributed by atoms with Crippen molar-refractivity contribution < 1.29 is 10.2 Å². The van der Waals surface area contributed by atoms with E-state index in [0.717, 1.165) is 85.9 Å². The lowest BCUT2D eigenvalue weighted by atomic mass is 9.41. The van der Waals surface area contributed by atoms with Crippen LogP contribution in [-0.2, 0) is 0 Å². The molecule has 0 aromatic carbocycles. The van der Waals surface area contributed by atoms with Crippen molar-refractivity contribution in [2.75, 3.05) is 0 Å². The van der Waals surface area contributed by atoms with E-state index < -0.39 is 0 Å². The average molecular weight is 302 g/mol. The Morgan fingerprint density at radius 1 is 0.500 bits per heavy atom. The highest BCUT2D eigenvalue weighted by Crippen LogP contribution is 2.67. The molecule has 2 heteroatoms. The minimum atomic E-state index is -0.281. The zero-order chi connectivity index (χ0) is 14.7. The Morgan fingerprint density at radius 2 is 0.818 bits per heavy atom. The number of hydrogen-bond donors (Lipinski definition) is 2. The largest absolute Gasteiger partial charge is 0.390 e. The quantitative estimate of drug-likeness (QED) is 0.780. The summed E-state index contributed by atoms with van der Waals surface area (Å²) in [5.41, 5.74) is -0.561. The third-order valence-corrected chi connectivity index (χ3v) is 9.07. The maximum absolute atomic E-state index is 10.9. The molecule has 4 unspecified atom stereocenters. The molecule has 0 radical (unpaired) electrons. The van der Waals surface area contributed by atoms with Gasteiger partial charge in [-0.25, -0.2) is 0 Å². The van der Waals surface area contributed by atoms with Gasteiger partial charge in [0.05, 0.1) is 11.2 Å². The lowest BCUT2D eigenvalue weighted by Gasteiger charge is -2.66. The van der Waals surface area contributed by atoms with E-state index in [1.165, 1.54) is 25.7 Å². The van der Waals surface area contributed by atoms with Gasteiger partial charge in [0.1, 0.15) is 0 Å². The fourth-order valence-electron chi connectivity index (χ4n) is 9.30. The highest BCUT2D eigenvalue weighted by atomic mass is 16.3. The van der Waals surface area contributed by atoms with Gasteiger partial charge in [-0.15, -0.1) is 0 Å². The van der Waals surface area contributed by atoms with E-state index in [1.807, 2.05) is 0 Å². The molecule has 122 valence electrons. The molecule has 0 aromatic heterocycles. The molecule has 0 spiro atoms. The van der Waals surface area contributed by atoms with Crippen LogP contribution in [0.3, 0.4) is 0 Å². The second-order valence-electron chi connectivity index (χ2n) is 10.5. The number of aliphatic hydroxyl groups is 2. The van der Waals surface area contributed by atoms with Gasteiger partial charge in [0.25, 0.3) is 0 Å². The highest BCUT2D eigenvalue weighted by Gasteiger charge is 2.62. The first-order chi connectivity index (χ1) is 10.5. The summed E-state index contributed by atoms with van der Waals surface area (Å²) in [5, 5.41) is 21.7. The second kappa shape index (κ2) is 3.94. The van der Waals surface area contributed by atoms with Crippen LogP contribution in [0.5, 0.6) is 0 Å². The summed E-state index contributed by atoms with van der Waals surface area (Å²) in [7, 11) is 0. The SMILES string of the molecule is OC12CC3CC(C1)C(C1C4CC5CC1CC(O)(C5)C4)C(C3)C2. The van der Waals surface area contributed by atoms with E-state index in [-0.39, 0.29) is 11.2 Å². The lowest BCUT2D eigenvalue weighted by Crippen LogP contribution is -2.62. The molecule has 0 aromatic rings. The van der Waals surface area contributed by atoms with Gasteiger partial charge in [0, 0.05) is 0 Å². The van der Waals surface area contributed by atoms with E-state index in [0.29, 0.717) is 0 Å². The molecule has 2 nitrogen and oxygen atoms in total. The van der Waals surface area contributed by atoms with E-state index in [1.54, 1.807) is 0 Å². The minimum Gasteiger partial charge on any atom is -0.390 e. The van der Waals surface area contributed by atoms with Crippen LogP contribution in [0.15, 0.2) is 0 Å². The first-order valence-corrected chi connectivity index (χ1v) is 9.95. The predicted octanol–water partition coefficient (Wildman–Crippen LogP) is 3.36. The van der Waals surface area contributed by atoms with Crippen LogP contribution >= 0.6 is 0 Å². The molecular formula is C20H30O2. The molecule has 4 atom stereocenters. The second-order valence-corrected chi connectivity index (χ2v) is 10.5. The Labute approximate surface area is 133 Å². The Kier molecular flexibility index (Phi) is 2.37. The van der Waals surface area contributed by atoms with Crippen molar-refractivity contribution in [2.24, 2.45) is 47.3 Å². The highest BCUT2D eigenvalue weighted by molar-refractivity contribution is 5.12. The van der Waals surface area contributed by atoms with Gasteiger partial charge in [-0.3, -0.25) is 0 Å². The molecule has 22 heavy (non-hydrogen) atoms. The molecule has 8 rings (SSSR count). The fourth-order valence-corrected chi connectivity index (χ4v) is 9.30. The van der Waals surface area contributed by atoms with Crippen LogP contribution in [0.2, 0.25) is 0 Å². The smallest absolute Gasteiger partial charge is 0.0656 e. The number of fused-ring (bicyclic) bond motifs is 1. The Bertz CT molecular complexity index is 436. The van der Waals surface area contributed by atoms with Crippen molar-refractivity contribution in [2.45, 2.75) is 75.4 Å². The molecule has 8 bridgehead atoms. The van der Waals surface area contributed by atoms with Crippen molar-refractivity contribution in [3.8, 4) is 0 Å². The molecule has 0 heterocycles. The normalized spacial score (nSPS) is 67.9. The zero-order valence-electron chi connectivity index (χ0n) is 13.6. The number of rotatable bonds is 1. The molecule has 2 N–H and O–H groups in total. The molecule has 0 amide bonds. The van der Waals surface area contributed by atoms with E-state index in [2.05, 4.69) is 0 Å². The van der Waals surface area contributed by atoms with Gasteiger partial charge in [-0.05, 0) is 112 Å². The molecule has 8 fully saturated rings. The molecule has 8 saturated carbocycles. The predicted molar refractivity (Wildman–Crippen MR) is 84.0 cm³/mol. The summed E-state index contributed by atoms with van der Waals surface area (Å²) >= 11 is 0. The Morgan fingerprint density at radius 3 is 1.09 bits per heavy atom. The van der Waals surface area contributed by atoms with Crippen molar-refractivity contribution in [3.05, 3.63) is 0 Å². The molecule has 8 aliphatic carbocycles. The van der Waals surface area contributed by atoms with Gasteiger partial charge < -0.3 is 10.2 Å². The van der Waals surface area contributed by atoms with Crippen LogP contribution in [0.25, 0.3) is 0 Å². The lowest BCUT2D eigenvalue weighted by molar-refractivity contribution is -0.214. The van der Waals surface area contributed by atoms with E-state index >= 15 is 0 Å².